The van der Waals surface area contributed by atoms with Crippen molar-refractivity contribution in [3.63, 3.8) is 0 Å². The lowest BCUT2D eigenvalue weighted by atomic mass is 10.1. The van der Waals surface area contributed by atoms with Crippen molar-refractivity contribution in [2.45, 2.75) is 39.8 Å². The molecule has 1 aromatic heterocycles. The molecule has 2 N–H and O–H groups in total. The Morgan fingerprint density at radius 2 is 2.06 bits per heavy atom. The first-order valence-corrected chi connectivity index (χ1v) is 5.70. The second-order valence-corrected chi connectivity index (χ2v) is 4.34. The molecule has 1 atom stereocenters. The van der Waals surface area contributed by atoms with Gasteiger partial charge < -0.3 is 10.5 Å². The molecular weight excluding hydrogens is 206 g/mol. The summed E-state index contributed by atoms with van der Waals surface area (Å²) in [4.78, 5) is 0. The van der Waals surface area contributed by atoms with E-state index in [0.29, 0.717) is 24.9 Å². The van der Waals surface area contributed by atoms with E-state index in [4.69, 9.17) is 10.5 Å². The molecule has 0 bridgehead atoms. The third-order valence-corrected chi connectivity index (χ3v) is 2.25. The Bertz CT molecular complexity index is 297. The fraction of sp³-hybridized carbons (Fsp3) is 0.900. The Balaban J connectivity index is 2.24. The van der Waals surface area contributed by atoms with E-state index < -0.39 is 0 Å². The van der Waals surface area contributed by atoms with Crippen LogP contribution in [0.25, 0.3) is 0 Å². The largest absolute Gasteiger partial charge is 0.380 e. The highest BCUT2D eigenvalue weighted by atomic mass is 16.5. The molecule has 0 saturated carbocycles. The van der Waals surface area contributed by atoms with Crippen molar-refractivity contribution in [3.05, 3.63) is 5.82 Å². The van der Waals surface area contributed by atoms with Gasteiger partial charge in [0.2, 0.25) is 0 Å². The van der Waals surface area contributed by atoms with Crippen LogP contribution >= 0.6 is 0 Å². The number of ether oxygens (including phenoxy) is 1. The van der Waals surface area contributed by atoms with Crippen LogP contribution in [-0.4, -0.2) is 33.4 Å². The first kappa shape index (κ1) is 13.1. The maximum Gasteiger partial charge on any atom is 0.167 e. The van der Waals surface area contributed by atoms with E-state index >= 15 is 0 Å². The molecule has 1 rings (SSSR count). The lowest BCUT2D eigenvalue weighted by Gasteiger charge is -2.08. The predicted molar refractivity (Wildman–Crippen MR) is 60.7 cm³/mol. The average molecular weight is 227 g/mol. The third-order valence-electron chi connectivity index (χ3n) is 2.25. The number of rotatable bonds is 7. The summed E-state index contributed by atoms with van der Waals surface area (Å²) in [6.07, 6.45) is 1.08. The van der Waals surface area contributed by atoms with Gasteiger partial charge >= 0.3 is 0 Å². The molecule has 6 heteroatoms. The van der Waals surface area contributed by atoms with E-state index in [-0.39, 0.29) is 6.04 Å². The predicted octanol–water partition coefficient (Wildman–Crippen LogP) is 0.755. The normalized spacial score (nSPS) is 13.3. The van der Waals surface area contributed by atoms with Crippen LogP contribution in [0.3, 0.4) is 0 Å². The number of tetrazole rings is 1. The first-order valence-electron chi connectivity index (χ1n) is 5.70. The van der Waals surface area contributed by atoms with Gasteiger partial charge in [0.1, 0.15) is 0 Å². The van der Waals surface area contributed by atoms with Crippen LogP contribution in [0.4, 0.5) is 0 Å². The maximum absolute atomic E-state index is 5.72. The Morgan fingerprint density at radius 1 is 1.31 bits per heavy atom. The van der Waals surface area contributed by atoms with Gasteiger partial charge in [-0.2, -0.15) is 0 Å². The Hall–Kier alpha value is -1.01. The summed E-state index contributed by atoms with van der Waals surface area (Å²) in [6.45, 7) is 8.28. The lowest BCUT2D eigenvalue weighted by molar-refractivity contribution is 0.113. The minimum Gasteiger partial charge on any atom is -0.380 e. The highest BCUT2D eigenvalue weighted by Crippen LogP contribution is 2.03. The Kier molecular flexibility index (Phi) is 5.34. The van der Waals surface area contributed by atoms with Gasteiger partial charge in [-0.15, -0.1) is 5.10 Å². The third kappa shape index (κ3) is 4.24. The van der Waals surface area contributed by atoms with Gasteiger partial charge in [0.15, 0.2) is 5.82 Å². The fourth-order valence-corrected chi connectivity index (χ4v) is 1.27. The molecule has 16 heavy (non-hydrogen) atoms. The summed E-state index contributed by atoms with van der Waals surface area (Å²) in [5.74, 6) is 1.38. The second kappa shape index (κ2) is 6.55. The van der Waals surface area contributed by atoms with Gasteiger partial charge in [-0.05, 0) is 29.7 Å². The molecule has 0 spiro atoms. The summed E-state index contributed by atoms with van der Waals surface area (Å²) in [5.41, 5.74) is 5.72. The van der Waals surface area contributed by atoms with Gasteiger partial charge in [0, 0.05) is 6.61 Å². The highest BCUT2D eigenvalue weighted by Gasteiger charge is 2.09. The monoisotopic (exact) mass is 227 g/mol. The average Bonchev–Trinajstić information content (AvgIpc) is 2.65. The van der Waals surface area contributed by atoms with Gasteiger partial charge in [-0.3, -0.25) is 0 Å². The number of hydrogen-bond donors (Lipinski definition) is 1. The SMILES string of the molecule is CC(C)CCOCCn1nnnc1C(C)N. The lowest BCUT2D eigenvalue weighted by Crippen LogP contribution is -2.17. The number of nitrogens with zero attached hydrogens (tertiary/aromatic N) is 4. The molecule has 0 aromatic carbocycles. The van der Waals surface area contributed by atoms with Gasteiger partial charge in [-0.25, -0.2) is 4.68 Å². The fourth-order valence-electron chi connectivity index (χ4n) is 1.27. The zero-order valence-electron chi connectivity index (χ0n) is 10.3. The van der Waals surface area contributed by atoms with E-state index in [1.165, 1.54) is 0 Å². The molecule has 1 unspecified atom stereocenters. The van der Waals surface area contributed by atoms with Crippen molar-refractivity contribution in [3.8, 4) is 0 Å². The molecule has 92 valence electrons. The summed E-state index contributed by atoms with van der Waals surface area (Å²) >= 11 is 0. The van der Waals surface area contributed by atoms with Crippen molar-refractivity contribution in [2.75, 3.05) is 13.2 Å². The molecule has 0 aliphatic heterocycles. The zero-order valence-corrected chi connectivity index (χ0v) is 10.3. The summed E-state index contributed by atoms with van der Waals surface area (Å²) in [6, 6.07) is -0.148. The molecule has 0 amide bonds. The van der Waals surface area contributed by atoms with E-state index in [1.807, 2.05) is 6.92 Å². The molecule has 0 aliphatic rings. The van der Waals surface area contributed by atoms with Crippen LogP contribution in [0.2, 0.25) is 0 Å². The molecule has 0 fully saturated rings. The summed E-state index contributed by atoms with van der Waals surface area (Å²) in [7, 11) is 0. The van der Waals surface area contributed by atoms with Crippen LogP contribution < -0.4 is 5.73 Å². The number of nitrogens with two attached hydrogens (primary N) is 1. The van der Waals surface area contributed by atoms with Crippen LogP contribution in [0.5, 0.6) is 0 Å². The van der Waals surface area contributed by atoms with Crippen LogP contribution in [-0.2, 0) is 11.3 Å². The highest BCUT2D eigenvalue weighted by molar-refractivity contribution is 4.86. The van der Waals surface area contributed by atoms with Crippen molar-refractivity contribution < 1.29 is 4.74 Å². The smallest absolute Gasteiger partial charge is 0.167 e. The van der Waals surface area contributed by atoms with Crippen LogP contribution in [0.15, 0.2) is 0 Å². The van der Waals surface area contributed by atoms with Gasteiger partial charge in [0.25, 0.3) is 0 Å². The minimum atomic E-state index is -0.148. The molecule has 0 aliphatic carbocycles. The first-order chi connectivity index (χ1) is 7.61. The maximum atomic E-state index is 5.72. The van der Waals surface area contributed by atoms with E-state index in [9.17, 15) is 0 Å². The molecule has 1 aromatic rings. The van der Waals surface area contributed by atoms with Gasteiger partial charge in [-0.1, -0.05) is 13.8 Å². The topological polar surface area (TPSA) is 78.8 Å². The standard InChI is InChI=1S/C10H21N5O/c1-8(2)4-6-16-7-5-15-10(9(3)11)12-13-14-15/h8-9H,4-7,11H2,1-3H3. The van der Waals surface area contributed by atoms with Crippen molar-refractivity contribution >= 4 is 0 Å². The molecule has 1 heterocycles. The Labute approximate surface area is 96.2 Å². The zero-order chi connectivity index (χ0) is 12.0. The summed E-state index contributed by atoms with van der Waals surface area (Å²) in [5, 5.41) is 11.3. The van der Waals surface area contributed by atoms with Crippen molar-refractivity contribution in [2.24, 2.45) is 11.7 Å². The van der Waals surface area contributed by atoms with Crippen molar-refractivity contribution in [1.29, 1.82) is 0 Å². The molecule has 0 saturated heterocycles. The second-order valence-electron chi connectivity index (χ2n) is 4.34. The van der Waals surface area contributed by atoms with Crippen LogP contribution in [0.1, 0.15) is 39.1 Å². The van der Waals surface area contributed by atoms with E-state index in [1.54, 1.807) is 4.68 Å². The van der Waals surface area contributed by atoms with E-state index in [2.05, 4.69) is 29.4 Å². The van der Waals surface area contributed by atoms with Crippen LogP contribution in [0, 0.1) is 5.92 Å². The summed E-state index contributed by atoms with van der Waals surface area (Å²) < 4.78 is 7.19. The number of hydrogen-bond acceptors (Lipinski definition) is 5. The minimum absolute atomic E-state index is 0.148. The van der Waals surface area contributed by atoms with Crippen molar-refractivity contribution in [1.82, 2.24) is 20.2 Å². The molecule has 0 radical (unpaired) electrons. The molecular formula is C10H21N5O. The quantitative estimate of drug-likeness (QED) is 0.695. The van der Waals surface area contributed by atoms with E-state index in [0.717, 1.165) is 13.0 Å². The van der Waals surface area contributed by atoms with Gasteiger partial charge in [0.05, 0.1) is 19.2 Å². The molecule has 6 nitrogen and oxygen atoms in total. The number of aromatic nitrogens is 4. The Morgan fingerprint density at radius 3 is 2.69 bits per heavy atom.